The van der Waals surface area contributed by atoms with E-state index < -0.39 is 19.6 Å². The van der Waals surface area contributed by atoms with Crippen molar-refractivity contribution in [3.8, 4) is 17.6 Å². The van der Waals surface area contributed by atoms with Crippen molar-refractivity contribution in [2.24, 2.45) is 0 Å². The lowest BCUT2D eigenvalue weighted by atomic mass is 10.1. The molecule has 0 atom stereocenters. The van der Waals surface area contributed by atoms with Crippen molar-refractivity contribution >= 4 is 11.6 Å². The first kappa shape index (κ1) is 15.7. The predicted molar refractivity (Wildman–Crippen MR) is 66.3 cm³/mol. The highest BCUT2D eigenvalue weighted by Crippen LogP contribution is 2.19. The highest BCUT2D eigenvalue weighted by atomic mass is 35.5. The van der Waals surface area contributed by atoms with Crippen LogP contribution in [0.1, 0.15) is 11.1 Å². The van der Waals surface area contributed by atoms with E-state index in [9.17, 15) is 13.2 Å². The van der Waals surface area contributed by atoms with Crippen LogP contribution in [0.25, 0.3) is 0 Å². The Balaban J connectivity index is 2.51. The first-order valence-corrected chi connectivity index (χ1v) is 5.88. The van der Waals surface area contributed by atoms with Gasteiger partial charge in [0.1, 0.15) is 12.4 Å². The van der Waals surface area contributed by atoms with E-state index in [1.165, 1.54) is 0 Å². The number of rotatable bonds is 4. The smallest absolute Gasteiger partial charge is 0.411 e. The zero-order valence-corrected chi connectivity index (χ0v) is 10.9. The van der Waals surface area contributed by atoms with Crippen LogP contribution >= 0.6 is 11.6 Å². The lowest BCUT2D eigenvalue weighted by Gasteiger charge is -2.11. The molecule has 1 aromatic rings. The van der Waals surface area contributed by atoms with E-state index in [0.717, 1.165) is 11.1 Å². The SMILES string of the molecule is Cc1cc(C#CCCl)ccc1OCOCC(F)(F)F. The van der Waals surface area contributed by atoms with Crippen LogP contribution in [0, 0.1) is 18.8 Å². The Hall–Kier alpha value is -1.38. The first-order chi connectivity index (χ1) is 8.92. The molecule has 0 aliphatic heterocycles. The van der Waals surface area contributed by atoms with Crippen LogP contribution in [-0.2, 0) is 4.74 Å². The molecular formula is C13H12ClF3O2. The number of benzene rings is 1. The quantitative estimate of drug-likeness (QED) is 0.366. The molecule has 0 aromatic heterocycles. The molecule has 0 aliphatic rings. The van der Waals surface area contributed by atoms with Gasteiger partial charge in [-0.2, -0.15) is 13.2 Å². The van der Waals surface area contributed by atoms with E-state index in [2.05, 4.69) is 16.6 Å². The molecule has 0 heterocycles. The van der Waals surface area contributed by atoms with E-state index in [-0.39, 0.29) is 5.88 Å². The third-order valence-corrected chi connectivity index (χ3v) is 2.17. The zero-order valence-electron chi connectivity index (χ0n) is 10.2. The number of hydrogen-bond acceptors (Lipinski definition) is 2. The van der Waals surface area contributed by atoms with Gasteiger partial charge in [-0.3, -0.25) is 0 Å². The van der Waals surface area contributed by atoms with Crippen molar-refractivity contribution in [2.75, 3.05) is 19.3 Å². The fourth-order valence-electron chi connectivity index (χ4n) is 1.29. The lowest BCUT2D eigenvalue weighted by molar-refractivity contribution is -0.186. The van der Waals surface area contributed by atoms with E-state index in [1.54, 1.807) is 25.1 Å². The van der Waals surface area contributed by atoms with E-state index in [4.69, 9.17) is 16.3 Å². The highest BCUT2D eigenvalue weighted by Gasteiger charge is 2.27. The van der Waals surface area contributed by atoms with Crippen LogP contribution in [0.15, 0.2) is 18.2 Å². The third-order valence-electron chi connectivity index (χ3n) is 2.04. The van der Waals surface area contributed by atoms with Crippen molar-refractivity contribution in [2.45, 2.75) is 13.1 Å². The molecule has 2 nitrogen and oxygen atoms in total. The molecule has 0 aliphatic carbocycles. The summed E-state index contributed by atoms with van der Waals surface area (Å²) < 4.78 is 44.9. The van der Waals surface area contributed by atoms with Gasteiger partial charge >= 0.3 is 6.18 Å². The van der Waals surface area contributed by atoms with Gasteiger partial charge in [0.05, 0.1) is 5.88 Å². The summed E-state index contributed by atoms with van der Waals surface area (Å²) in [4.78, 5) is 0. The van der Waals surface area contributed by atoms with Gasteiger partial charge in [0.25, 0.3) is 0 Å². The summed E-state index contributed by atoms with van der Waals surface area (Å²) in [6, 6.07) is 5.09. The maximum atomic E-state index is 11.8. The minimum Gasteiger partial charge on any atom is -0.467 e. The molecule has 0 spiro atoms. The topological polar surface area (TPSA) is 18.5 Å². The van der Waals surface area contributed by atoms with Gasteiger partial charge in [0, 0.05) is 5.56 Å². The Kier molecular flexibility index (Phi) is 6.00. The number of alkyl halides is 4. The number of hydrogen-bond donors (Lipinski definition) is 0. The average Bonchev–Trinajstić information content (AvgIpc) is 2.32. The molecular weight excluding hydrogens is 281 g/mol. The van der Waals surface area contributed by atoms with Gasteiger partial charge in [-0.05, 0) is 30.7 Å². The lowest BCUT2D eigenvalue weighted by Crippen LogP contribution is -2.19. The largest absolute Gasteiger partial charge is 0.467 e. The molecule has 0 radical (unpaired) electrons. The maximum absolute atomic E-state index is 11.8. The second-order valence-electron chi connectivity index (χ2n) is 3.64. The van der Waals surface area contributed by atoms with E-state index >= 15 is 0 Å². The van der Waals surface area contributed by atoms with Crippen LogP contribution in [0.4, 0.5) is 13.2 Å². The van der Waals surface area contributed by atoms with Crippen molar-refractivity contribution in [3.05, 3.63) is 29.3 Å². The molecule has 0 saturated heterocycles. The molecule has 0 amide bonds. The molecule has 104 valence electrons. The normalized spacial score (nSPS) is 10.8. The minimum absolute atomic E-state index is 0.239. The summed E-state index contributed by atoms with van der Waals surface area (Å²) in [6.07, 6.45) is -4.35. The molecule has 1 aromatic carbocycles. The van der Waals surface area contributed by atoms with Crippen molar-refractivity contribution in [1.29, 1.82) is 0 Å². The van der Waals surface area contributed by atoms with E-state index in [0.29, 0.717) is 5.75 Å². The molecule has 0 N–H and O–H groups in total. The Morgan fingerprint density at radius 2 is 2.05 bits per heavy atom. The summed E-state index contributed by atoms with van der Waals surface area (Å²) in [7, 11) is 0. The Labute approximate surface area is 114 Å². The van der Waals surface area contributed by atoms with E-state index in [1.807, 2.05) is 0 Å². The summed E-state index contributed by atoms with van der Waals surface area (Å²) in [6.45, 7) is -0.0106. The first-order valence-electron chi connectivity index (χ1n) is 5.35. The Morgan fingerprint density at radius 1 is 1.32 bits per heavy atom. The Bertz CT molecular complexity index is 475. The average molecular weight is 293 g/mol. The molecule has 0 saturated carbocycles. The van der Waals surface area contributed by atoms with Crippen molar-refractivity contribution in [1.82, 2.24) is 0 Å². The van der Waals surface area contributed by atoms with Crippen molar-refractivity contribution in [3.63, 3.8) is 0 Å². The van der Waals surface area contributed by atoms with Gasteiger partial charge in [0.15, 0.2) is 6.79 Å². The molecule has 0 unspecified atom stereocenters. The van der Waals surface area contributed by atoms with Gasteiger partial charge < -0.3 is 9.47 Å². The molecule has 0 bridgehead atoms. The Morgan fingerprint density at radius 3 is 2.63 bits per heavy atom. The van der Waals surface area contributed by atoms with Gasteiger partial charge in [-0.15, -0.1) is 11.6 Å². The summed E-state index contributed by atoms with van der Waals surface area (Å²) in [5.74, 6) is 6.23. The van der Waals surface area contributed by atoms with Crippen molar-refractivity contribution < 1.29 is 22.6 Å². The second kappa shape index (κ2) is 7.27. The van der Waals surface area contributed by atoms with Crippen LogP contribution in [0.3, 0.4) is 0 Å². The van der Waals surface area contributed by atoms with Crippen LogP contribution in [0.5, 0.6) is 5.75 Å². The molecule has 19 heavy (non-hydrogen) atoms. The number of halogens is 4. The zero-order chi connectivity index (χ0) is 14.3. The van der Waals surface area contributed by atoms with Crippen LogP contribution in [0.2, 0.25) is 0 Å². The predicted octanol–water partition coefficient (Wildman–Crippen LogP) is 3.50. The van der Waals surface area contributed by atoms with Gasteiger partial charge in [0.2, 0.25) is 0 Å². The standard InChI is InChI=1S/C13H12ClF3O2/c1-10-7-11(3-2-6-14)4-5-12(10)19-9-18-8-13(15,16)17/h4-5,7H,6,8-9H2,1H3. The minimum atomic E-state index is -4.35. The molecule has 1 rings (SSSR count). The third kappa shape index (κ3) is 6.37. The summed E-state index contributed by atoms with van der Waals surface area (Å²) in [5, 5.41) is 0. The highest BCUT2D eigenvalue weighted by molar-refractivity contribution is 6.19. The maximum Gasteiger partial charge on any atom is 0.411 e. The molecule has 6 heteroatoms. The fourth-order valence-corrected chi connectivity index (χ4v) is 1.35. The summed E-state index contributed by atoms with van der Waals surface area (Å²) >= 11 is 5.44. The van der Waals surface area contributed by atoms with Crippen LogP contribution < -0.4 is 4.74 Å². The fraction of sp³-hybridized carbons (Fsp3) is 0.385. The number of aryl methyl sites for hydroxylation is 1. The number of ether oxygens (including phenoxy) is 2. The van der Waals surface area contributed by atoms with Gasteiger partial charge in [-0.25, -0.2) is 0 Å². The van der Waals surface area contributed by atoms with Crippen LogP contribution in [-0.4, -0.2) is 25.5 Å². The summed E-state index contributed by atoms with van der Waals surface area (Å²) in [5.41, 5.74) is 1.53. The second-order valence-corrected chi connectivity index (χ2v) is 3.91. The molecule has 0 fully saturated rings. The van der Waals surface area contributed by atoms with Gasteiger partial charge in [-0.1, -0.05) is 11.8 Å². The monoisotopic (exact) mass is 292 g/mol.